The number of anilines is 2. The highest BCUT2D eigenvalue weighted by Crippen LogP contribution is 2.14. The fraction of sp³-hybridized carbons (Fsp3) is 0.176. The smallest absolute Gasteiger partial charge is 0.224 e. The molecule has 4 nitrogen and oxygen atoms in total. The first-order valence-electron chi connectivity index (χ1n) is 6.95. The van der Waals surface area contributed by atoms with Crippen LogP contribution in [-0.4, -0.2) is 11.8 Å². The van der Waals surface area contributed by atoms with E-state index in [-0.39, 0.29) is 24.1 Å². The second kappa shape index (κ2) is 7.36. The molecule has 5 heteroatoms. The number of nitrogens with one attached hydrogen (secondary N) is 2. The summed E-state index contributed by atoms with van der Waals surface area (Å²) >= 11 is 0. The highest BCUT2D eigenvalue weighted by molar-refractivity contribution is 5.92. The van der Waals surface area contributed by atoms with E-state index in [0.29, 0.717) is 17.8 Å². The van der Waals surface area contributed by atoms with Crippen LogP contribution < -0.4 is 10.6 Å². The molecule has 0 aromatic heterocycles. The third kappa shape index (κ3) is 5.01. The van der Waals surface area contributed by atoms with Gasteiger partial charge in [-0.05, 0) is 48.4 Å². The lowest BCUT2D eigenvalue weighted by atomic mass is 10.1. The molecule has 0 aliphatic rings. The van der Waals surface area contributed by atoms with Gasteiger partial charge in [-0.3, -0.25) is 9.59 Å². The Hall–Kier alpha value is -2.69. The van der Waals surface area contributed by atoms with Gasteiger partial charge in [-0.15, -0.1) is 0 Å². The Morgan fingerprint density at radius 3 is 2.23 bits per heavy atom. The Bertz CT molecular complexity index is 669. The van der Waals surface area contributed by atoms with Gasteiger partial charge in [0.2, 0.25) is 11.8 Å². The molecule has 0 saturated heterocycles. The van der Waals surface area contributed by atoms with Crippen molar-refractivity contribution >= 4 is 23.2 Å². The van der Waals surface area contributed by atoms with Gasteiger partial charge in [0.1, 0.15) is 5.82 Å². The summed E-state index contributed by atoms with van der Waals surface area (Å²) in [6.45, 7) is 1.43. The molecule has 0 aliphatic heterocycles. The van der Waals surface area contributed by atoms with E-state index in [4.69, 9.17) is 0 Å². The van der Waals surface area contributed by atoms with E-state index in [0.717, 1.165) is 5.56 Å². The molecule has 2 rings (SSSR count). The first kappa shape index (κ1) is 15.7. The number of amides is 2. The van der Waals surface area contributed by atoms with Crippen molar-refractivity contribution in [3.8, 4) is 0 Å². The van der Waals surface area contributed by atoms with Gasteiger partial charge in [0.05, 0.1) is 0 Å². The van der Waals surface area contributed by atoms with Crippen LogP contribution in [0, 0.1) is 5.82 Å². The first-order chi connectivity index (χ1) is 10.5. The molecule has 114 valence electrons. The van der Waals surface area contributed by atoms with Crippen molar-refractivity contribution in [2.75, 3.05) is 10.6 Å². The zero-order valence-electron chi connectivity index (χ0n) is 12.2. The molecule has 0 bridgehead atoms. The second-order valence-electron chi connectivity index (χ2n) is 4.94. The quantitative estimate of drug-likeness (QED) is 0.889. The number of halogens is 1. The van der Waals surface area contributed by atoms with Crippen LogP contribution in [0.25, 0.3) is 0 Å². The summed E-state index contributed by atoms with van der Waals surface area (Å²) in [5.74, 6) is -0.588. The van der Waals surface area contributed by atoms with Crippen LogP contribution in [0.15, 0.2) is 48.5 Å². The predicted octanol–water partition coefficient (Wildman–Crippen LogP) is 3.36. The van der Waals surface area contributed by atoms with Crippen LogP contribution in [0.4, 0.5) is 15.8 Å². The van der Waals surface area contributed by atoms with Crippen molar-refractivity contribution in [3.63, 3.8) is 0 Å². The maximum Gasteiger partial charge on any atom is 0.224 e. The van der Waals surface area contributed by atoms with E-state index in [2.05, 4.69) is 10.6 Å². The molecule has 0 fully saturated rings. The van der Waals surface area contributed by atoms with E-state index in [1.165, 1.54) is 19.1 Å². The Morgan fingerprint density at radius 1 is 1.00 bits per heavy atom. The lowest BCUT2D eigenvalue weighted by Gasteiger charge is -2.07. The monoisotopic (exact) mass is 300 g/mol. The SMILES string of the molecule is CC(=O)Nc1ccc(NC(=O)CCc2cccc(F)c2)cc1. The molecule has 2 aromatic rings. The van der Waals surface area contributed by atoms with Crippen LogP contribution in [0.1, 0.15) is 18.9 Å². The van der Waals surface area contributed by atoms with Crippen molar-refractivity contribution in [3.05, 3.63) is 59.9 Å². The Balaban J connectivity index is 1.85. The second-order valence-corrected chi connectivity index (χ2v) is 4.94. The molecule has 2 aromatic carbocycles. The van der Waals surface area contributed by atoms with Crippen LogP contribution >= 0.6 is 0 Å². The molecule has 22 heavy (non-hydrogen) atoms. The first-order valence-corrected chi connectivity index (χ1v) is 6.95. The Morgan fingerprint density at radius 2 is 1.64 bits per heavy atom. The zero-order valence-corrected chi connectivity index (χ0v) is 12.2. The van der Waals surface area contributed by atoms with Crippen LogP contribution in [0.3, 0.4) is 0 Å². The van der Waals surface area contributed by atoms with Gasteiger partial charge >= 0.3 is 0 Å². The van der Waals surface area contributed by atoms with E-state index in [1.54, 1.807) is 36.4 Å². The maximum atomic E-state index is 13.0. The van der Waals surface area contributed by atoms with Crippen molar-refractivity contribution in [2.24, 2.45) is 0 Å². The summed E-state index contributed by atoms with van der Waals surface area (Å²) in [6.07, 6.45) is 0.754. The summed E-state index contributed by atoms with van der Waals surface area (Å²) in [5.41, 5.74) is 2.11. The minimum atomic E-state index is -0.300. The topological polar surface area (TPSA) is 58.2 Å². The lowest BCUT2D eigenvalue weighted by Crippen LogP contribution is -2.12. The number of hydrogen-bond donors (Lipinski definition) is 2. The average Bonchev–Trinajstić information content (AvgIpc) is 2.47. The lowest BCUT2D eigenvalue weighted by molar-refractivity contribution is -0.116. The van der Waals surface area contributed by atoms with Gasteiger partial charge in [0.15, 0.2) is 0 Å². The molecule has 2 N–H and O–H groups in total. The third-order valence-corrected chi connectivity index (χ3v) is 3.02. The minimum absolute atomic E-state index is 0.142. The molecule has 0 spiro atoms. The standard InChI is InChI=1S/C17H17FN2O2/c1-12(21)19-15-6-8-16(9-7-15)20-17(22)10-5-13-3-2-4-14(18)11-13/h2-4,6-9,11H,5,10H2,1H3,(H,19,21)(H,20,22). The van der Waals surface area contributed by atoms with Crippen LogP contribution in [-0.2, 0) is 16.0 Å². The molecule has 0 atom stereocenters. The fourth-order valence-corrected chi connectivity index (χ4v) is 2.01. The summed E-state index contributed by atoms with van der Waals surface area (Å²) < 4.78 is 13.0. The number of benzene rings is 2. The third-order valence-electron chi connectivity index (χ3n) is 3.02. The average molecular weight is 300 g/mol. The fourth-order valence-electron chi connectivity index (χ4n) is 2.01. The van der Waals surface area contributed by atoms with Gasteiger partial charge in [0, 0.05) is 24.7 Å². The van der Waals surface area contributed by atoms with Crippen molar-refractivity contribution in [2.45, 2.75) is 19.8 Å². The summed E-state index contributed by atoms with van der Waals surface area (Å²) in [7, 11) is 0. The van der Waals surface area contributed by atoms with Gasteiger partial charge in [-0.1, -0.05) is 12.1 Å². The zero-order chi connectivity index (χ0) is 15.9. The maximum absolute atomic E-state index is 13.0. The number of rotatable bonds is 5. The molecule has 0 radical (unpaired) electrons. The van der Waals surface area contributed by atoms with Gasteiger partial charge in [-0.25, -0.2) is 4.39 Å². The normalized spacial score (nSPS) is 10.1. The van der Waals surface area contributed by atoms with E-state index in [1.807, 2.05) is 0 Å². The van der Waals surface area contributed by atoms with Crippen molar-refractivity contribution in [1.29, 1.82) is 0 Å². The molecule has 0 heterocycles. The molecule has 2 amide bonds. The number of hydrogen-bond acceptors (Lipinski definition) is 2. The highest BCUT2D eigenvalue weighted by atomic mass is 19.1. The molecule has 0 saturated carbocycles. The van der Waals surface area contributed by atoms with Crippen molar-refractivity contribution in [1.82, 2.24) is 0 Å². The summed E-state index contributed by atoms with van der Waals surface area (Å²) in [6, 6.07) is 13.1. The Labute approximate surface area is 128 Å². The number of aryl methyl sites for hydroxylation is 1. The highest BCUT2D eigenvalue weighted by Gasteiger charge is 2.04. The van der Waals surface area contributed by atoms with Crippen LogP contribution in [0.2, 0.25) is 0 Å². The van der Waals surface area contributed by atoms with Crippen molar-refractivity contribution < 1.29 is 14.0 Å². The summed E-state index contributed by atoms with van der Waals surface area (Å²) in [4.78, 5) is 22.8. The molecule has 0 aliphatic carbocycles. The molecule has 0 unspecified atom stereocenters. The van der Waals surface area contributed by atoms with E-state index < -0.39 is 0 Å². The molecular formula is C17H17FN2O2. The van der Waals surface area contributed by atoms with E-state index in [9.17, 15) is 14.0 Å². The predicted molar refractivity (Wildman–Crippen MR) is 84.1 cm³/mol. The Kier molecular flexibility index (Phi) is 5.25. The largest absolute Gasteiger partial charge is 0.326 e. The summed E-state index contributed by atoms with van der Waals surface area (Å²) in [5, 5.41) is 5.41. The van der Waals surface area contributed by atoms with Gasteiger partial charge in [0.25, 0.3) is 0 Å². The van der Waals surface area contributed by atoms with Crippen LogP contribution in [0.5, 0.6) is 0 Å². The molecular weight excluding hydrogens is 283 g/mol. The number of carbonyl (C=O) groups excluding carboxylic acids is 2. The minimum Gasteiger partial charge on any atom is -0.326 e. The number of carbonyl (C=O) groups is 2. The van der Waals surface area contributed by atoms with Gasteiger partial charge < -0.3 is 10.6 Å². The van der Waals surface area contributed by atoms with E-state index >= 15 is 0 Å². The van der Waals surface area contributed by atoms with Gasteiger partial charge in [-0.2, -0.15) is 0 Å².